The van der Waals surface area contributed by atoms with Gasteiger partial charge in [-0.25, -0.2) is 18.2 Å². The molecule has 0 aliphatic carbocycles. The highest BCUT2D eigenvalue weighted by molar-refractivity contribution is 7.93. The first-order valence-electron chi connectivity index (χ1n) is 12.6. The van der Waals surface area contributed by atoms with Crippen molar-refractivity contribution in [3.05, 3.63) is 78.5 Å². The molecule has 5 rings (SSSR count). The van der Waals surface area contributed by atoms with E-state index < -0.39 is 44.9 Å². The van der Waals surface area contributed by atoms with Gasteiger partial charge < -0.3 is 19.9 Å². The number of alkyl halides is 3. The highest BCUT2D eigenvalue weighted by atomic mass is 32.2. The highest BCUT2D eigenvalue weighted by Gasteiger charge is 2.63. The number of urea groups is 1. The SMILES string of the molecule is COc1cccc(S(=O)(=O)C2(C(=O)N3CCN(c4ncccc4C(F)(F)F)CC3)CNC(=O)N2c2ccccc2)c1. The molecule has 2 saturated heterocycles. The summed E-state index contributed by atoms with van der Waals surface area (Å²) in [4.78, 5) is 32.4. The molecular weight excluding hydrogens is 563 g/mol. The van der Waals surface area contributed by atoms with Gasteiger partial charge in [0.1, 0.15) is 11.6 Å². The number of para-hydroxylation sites is 1. The standard InChI is InChI=1S/C27H26F3N5O5S/c1-40-20-9-5-10-21(17-20)41(38,39)26(18-32-25(37)35(26)19-7-3-2-4-8-19)24(36)34-15-13-33(14-16-34)23-22(27(28,29)30)11-6-12-31-23/h2-12,17H,13-16,18H2,1H3,(H,32,37). The van der Waals surface area contributed by atoms with Crippen molar-refractivity contribution in [2.75, 3.05) is 49.6 Å². The second-order valence-electron chi connectivity index (χ2n) is 9.45. The molecule has 1 unspecified atom stereocenters. The van der Waals surface area contributed by atoms with Crippen molar-refractivity contribution in [3.8, 4) is 5.75 Å². The number of methoxy groups -OCH3 is 1. The van der Waals surface area contributed by atoms with Gasteiger partial charge in [0, 0.05) is 38.1 Å². The van der Waals surface area contributed by atoms with Crippen molar-refractivity contribution in [2.24, 2.45) is 0 Å². The minimum Gasteiger partial charge on any atom is -0.497 e. The van der Waals surface area contributed by atoms with Crippen LogP contribution in [0.15, 0.2) is 77.8 Å². The number of carbonyl (C=O) groups excluding carboxylic acids is 2. The van der Waals surface area contributed by atoms with Crippen LogP contribution in [-0.2, 0) is 20.8 Å². The molecule has 0 spiro atoms. The zero-order valence-corrected chi connectivity index (χ0v) is 22.7. The number of ether oxygens (including phenoxy) is 1. The molecule has 10 nitrogen and oxygen atoms in total. The van der Waals surface area contributed by atoms with E-state index in [2.05, 4.69) is 10.3 Å². The summed E-state index contributed by atoms with van der Waals surface area (Å²) in [5.41, 5.74) is -0.720. The number of nitrogens with zero attached hydrogens (tertiary/aromatic N) is 4. The van der Waals surface area contributed by atoms with Crippen LogP contribution in [0.1, 0.15) is 5.56 Å². The fraction of sp³-hybridized carbons (Fsp3) is 0.296. The topological polar surface area (TPSA) is 112 Å². The predicted octanol–water partition coefficient (Wildman–Crippen LogP) is 3.16. The fourth-order valence-electron chi connectivity index (χ4n) is 5.12. The van der Waals surface area contributed by atoms with E-state index in [1.54, 1.807) is 24.3 Å². The summed E-state index contributed by atoms with van der Waals surface area (Å²) in [7, 11) is -3.24. The third-order valence-electron chi connectivity index (χ3n) is 7.15. The number of amides is 3. The molecular formula is C27H26F3N5O5S. The Hall–Kier alpha value is -4.33. The number of rotatable bonds is 6. The van der Waals surface area contributed by atoms with Crippen LogP contribution in [0.4, 0.5) is 29.5 Å². The lowest BCUT2D eigenvalue weighted by atomic mass is 10.1. The van der Waals surface area contributed by atoms with Crippen molar-refractivity contribution >= 4 is 33.3 Å². The van der Waals surface area contributed by atoms with Crippen LogP contribution < -0.4 is 19.9 Å². The number of sulfone groups is 1. The maximum atomic E-state index is 14.4. The number of hydrogen-bond donors (Lipinski definition) is 1. The molecule has 41 heavy (non-hydrogen) atoms. The van der Waals surface area contributed by atoms with Gasteiger partial charge in [-0.05, 0) is 42.5 Å². The Morgan fingerprint density at radius 3 is 2.37 bits per heavy atom. The second-order valence-corrected chi connectivity index (χ2v) is 11.6. The summed E-state index contributed by atoms with van der Waals surface area (Å²) in [5.74, 6) is -0.907. The average Bonchev–Trinajstić information content (AvgIpc) is 3.35. The highest BCUT2D eigenvalue weighted by Crippen LogP contribution is 2.40. The molecule has 3 aromatic rings. The van der Waals surface area contributed by atoms with Crippen LogP contribution in [0.25, 0.3) is 0 Å². The van der Waals surface area contributed by atoms with Crippen molar-refractivity contribution in [1.82, 2.24) is 15.2 Å². The lowest BCUT2D eigenvalue weighted by molar-refractivity contribution is -0.138. The summed E-state index contributed by atoms with van der Waals surface area (Å²) >= 11 is 0. The Bertz CT molecular complexity index is 1560. The van der Waals surface area contributed by atoms with Gasteiger partial charge in [0.25, 0.3) is 10.8 Å². The molecule has 1 atom stereocenters. The van der Waals surface area contributed by atoms with Gasteiger partial charge in [0.2, 0.25) is 9.84 Å². The summed E-state index contributed by atoms with van der Waals surface area (Å²) in [5, 5.41) is 2.53. The van der Waals surface area contributed by atoms with E-state index in [-0.39, 0.29) is 48.3 Å². The van der Waals surface area contributed by atoms with Crippen LogP contribution in [0.2, 0.25) is 0 Å². The Morgan fingerprint density at radius 1 is 1.00 bits per heavy atom. The molecule has 0 bridgehead atoms. The largest absolute Gasteiger partial charge is 0.497 e. The van der Waals surface area contributed by atoms with E-state index in [1.807, 2.05) is 0 Å². The molecule has 2 aromatic carbocycles. The first kappa shape index (κ1) is 28.2. The van der Waals surface area contributed by atoms with Crippen molar-refractivity contribution in [2.45, 2.75) is 15.9 Å². The Kier molecular flexibility index (Phi) is 7.28. The van der Waals surface area contributed by atoms with Crippen molar-refractivity contribution < 1.29 is 35.9 Å². The molecule has 3 amide bonds. The van der Waals surface area contributed by atoms with Gasteiger partial charge in [-0.3, -0.25) is 9.69 Å². The number of nitrogens with one attached hydrogen (secondary N) is 1. The van der Waals surface area contributed by atoms with E-state index in [9.17, 15) is 31.2 Å². The zero-order chi connectivity index (χ0) is 29.4. The van der Waals surface area contributed by atoms with E-state index >= 15 is 0 Å². The third kappa shape index (κ3) is 4.81. The van der Waals surface area contributed by atoms with E-state index in [0.29, 0.717) is 0 Å². The molecule has 2 fully saturated rings. The molecule has 14 heteroatoms. The first-order valence-corrected chi connectivity index (χ1v) is 14.1. The lowest BCUT2D eigenvalue weighted by Crippen LogP contribution is -2.66. The second kappa shape index (κ2) is 10.6. The number of halogens is 3. The maximum Gasteiger partial charge on any atom is 0.419 e. The minimum atomic E-state index is -4.63. The Morgan fingerprint density at radius 2 is 1.71 bits per heavy atom. The van der Waals surface area contributed by atoms with Crippen LogP contribution in [0.3, 0.4) is 0 Å². The maximum absolute atomic E-state index is 14.4. The van der Waals surface area contributed by atoms with E-state index in [1.165, 1.54) is 59.5 Å². The summed E-state index contributed by atoms with van der Waals surface area (Å²) in [6, 6.07) is 14.9. The average molecular weight is 590 g/mol. The molecule has 3 heterocycles. The molecule has 216 valence electrons. The normalized spacial score (nSPS) is 19.7. The smallest absolute Gasteiger partial charge is 0.419 e. The quantitative estimate of drug-likeness (QED) is 0.470. The molecule has 2 aliphatic rings. The number of anilines is 2. The molecule has 0 saturated carbocycles. The van der Waals surface area contributed by atoms with Gasteiger partial charge in [-0.15, -0.1) is 0 Å². The summed E-state index contributed by atoms with van der Waals surface area (Å²) in [6.45, 7) is -0.808. The molecule has 1 N–H and O–H groups in total. The third-order valence-corrected chi connectivity index (χ3v) is 9.41. The number of aromatic nitrogens is 1. The molecule has 1 aromatic heterocycles. The fourth-order valence-corrected chi connectivity index (χ4v) is 7.09. The van der Waals surface area contributed by atoms with Crippen molar-refractivity contribution in [1.29, 1.82) is 0 Å². The van der Waals surface area contributed by atoms with Crippen LogP contribution in [-0.4, -0.2) is 74.9 Å². The predicted molar refractivity (Wildman–Crippen MR) is 143 cm³/mol. The number of hydrogen-bond acceptors (Lipinski definition) is 7. The van der Waals surface area contributed by atoms with Crippen molar-refractivity contribution in [3.63, 3.8) is 0 Å². The first-order chi connectivity index (χ1) is 19.5. The van der Waals surface area contributed by atoms with Gasteiger partial charge in [-0.1, -0.05) is 24.3 Å². The summed E-state index contributed by atoms with van der Waals surface area (Å²) < 4.78 is 74.8. The number of carbonyl (C=O) groups is 2. The van der Waals surface area contributed by atoms with Gasteiger partial charge in [-0.2, -0.15) is 13.2 Å². The number of pyridine rings is 1. The monoisotopic (exact) mass is 589 g/mol. The molecule has 2 aliphatic heterocycles. The van der Waals surface area contributed by atoms with E-state index in [0.717, 1.165) is 11.0 Å². The van der Waals surface area contributed by atoms with Gasteiger partial charge in [0.15, 0.2) is 0 Å². The lowest BCUT2D eigenvalue weighted by Gasteiger charge is -2.42. The van der Waals surface area contributed by atoms with Crippen LogP contribution in [0.5, 0.6) is 5.75 Å². The Balaban J connectivity index is 1.54. The minimum absolute atomic E-state index is 0.0339. The summed E-state index contributed by atoms with van der Waals surface area (Å²) in [6.07, 6.45) is -3.37. The number of benzene rings is 2. The Labute approximate surface area is 234 Å². The van der Waals surface area contributed by atoms with Crippen LogP contribution in [0, 0.1) is 0 Å². The van der Waals surface area contributed by atoms with Gasteiger partial charge in [0.05, 0.1) is 24.1 Å². The van der Waals surface area contributed by atoms with Crippen LogP contribution >= 0.6 is 0 Å². The number of piperazine rings is 1. The molecule has 0 radical (unpaired) electrons. The van der Waals surface area contributed by atoms with E-state index in [4.69, 9.17) is 4.74 Å². The van der Waals surface area contributed by atoms with Gasteiger partial charge >= 0.3 is 12.2 Å². The zero-order valence-electron chi connectivity index (χ0n) is 21.8.